The Morgan fingerprint density at radius 1 is 1.33 bits per heavy atom. The van der Waals surface area contributed by atoms with Gasteiger partial charge in [-0.1, -0.05) is 30.3 Å². The minimum atomic E-state index is -3.28. The Labute approximate surface area is 127 Å². The van der Waals surface area contributed by atoms with Crippen molar-refractivity contribution in [3.05, 3.63) is 35.9 Å². The maximum atomic E-state index is 12.6. The quantitative estimate of drug-likeness (QED) is 0.850. The molecule has 1 aromatic rings. The van der Waals surface area contributed by atoms with Crippen LogP contribution in [0.15, 0.2) is 30.3 Å². The van der Waals surface area contributed by atoms with E-state index in [0.29, 0.717) is 25.9 Å². The zero-order chi connectivity index (χ0) is 15.3. The second-order valence-corrected chi connectivity index (χ2v) is 7.48. The van der Waals surface area contributed by atoms with Gasteiger partial charge in [-0.2, -0.15) is 4.31 Å². The number of benzene rings is 1. The largest absolute Gasteiger partial charge is 0.381 e. The molecule has 2 N–H and O–H groups in total. The highest BCUT2D eigenvalue weighted by molar-refractivity contribution is 7.89. The molecule has 0 radical (unpaired) electrons. The molecule has 2 atom stereocenters. The minimum Gasteiger partial charge on any atom is -0.381 e. The molecule has 1 heterocycles. The highest BCUT2D eigenvalue weighted by atomic mass is 32.2. The van der Waals surface area contributed by atoms with Crippen molar-refractivity contribution in [1.82, 2.24) is 4.31 Å². The molecule has 5 nitrogen and oxygen atoms in total. The number of methoxy groups -OCH3 is 1. The van der Waals surface area contributed by atoms with Crippen LogP contribution in [-0.4, -0.2) is 50.8 Å². The summed E-state index contributed by atoms with van der Waals surface area (Å²) in [5.74, 6) is 0.130. The normalized spacial score (nSPS) is 24.1. The highest BCUT2D eigenvalue weighted by Gasteiger charge is 2.34. The van der Waals surface area contributed by atoms with E-state index in [2.05, 4.69) is 0 Å². The van der Waals surface area contributed by atoms with Gasteiger partial charge in [-0.15, -0.1) is 0 Å². The van der Waals surface area contributed by atoms with Gasteiger partial charge in [0.25, 0.3) is 0 Å². The average Bonchev–Trinajstić information content (AvgIpc) is 2.53. The first-order valence-corrected chi connectivity index (χ1v) is 8.94. The number of nitrogens with two attached hydrogens (primary N) is 1. The van der Waals surface area contributed by atoms with Crippen LogP contribution in [0.1, 0.15) is 18.4 Å². The van der Waals surface area contributed by atoms with Crippen molar-refractivity contribution in [2.24, 2.45) is 5.73 Å². The van der Waals surface area contributed by atoms with Gasteiger partial charge in [-0.25, -0.2) is 8.42 Å². The summed E-state index contributed by atoms with van der Waals surface area (Å²) in [5.41, 5.74) is 6.79. The maximum absolute atomic E-state index is 12.6. The first-order valence-electron chi connectivity index (χ1n) is 7.33. The molecular formula is C15H24N2O3S. The van der Waals surface area contributed by atoms with Gasteiger partial charge in [0.15, 0.2) is 0 Å². The number of nitrogens with zero attached hydrogens (tertiary/aromatic N) is 1. The molecule has 1 aromatic carbocycles. The molecule has 1 fully saturated rings. The molecule has 1 aliphatic heterocycles. The third kappa shape index (κ3) is 4.26. The smallest absolute Gasteiger partial charge is 0.214 e. The SMILES string of the molecule is COC1CCN(S(=O)(=O)CCc2ccccc2)C(CN)C1. The van der Waals surface area contributed by atoms with E-state index in [9.17, 15) is 8.42 Å². The van der Waals surface area contributed by atoms with Gasteiger partial charge in [-0.05, 0) is 24.8 Å². The van der Waals surface area contributed by atoms with Crippen molar-refractivity contribution in [2.45, 2.75) is 31.4 Å². The van der Waals surface area contributed by atoms with Crippen LogP contribution in [0.25, 0.3) is 0 Å². The van der Waals surface area contributed by atoms with Gasteiger partial charge in [0.2, 0.25) is 10.0 Å². The Bertz CT molecular complexity index is 533. The number of piperidine rings is 1. The number of rotatable bonds is 6. The van der Waals surface area contributed by atoms with Crippen LogP contribution in [0.2, 0.25) is 0 Å². The number of aryl methyl sites for hydroxylation is 1. The predicted octanol–water partition coefficient (Wildman–Crippen LogP) is 0.997. The molecule has 2 unspecified atom stereocenters. The summed E-state index contributed by atoms with van der Waals surface area (Å²) in [6.07, 6.45) is 2.05. The molecule has 21 heavy (non-hydrogen) atoms. The lowest BCUT2D eigenvalue weighted by Crippen LogP contribution is -2.51. The van der Waals surface area contributed by atoms with Crippen molar-refractivity contribution >= 4 is 10.0 Å². The first-order chi connectivity index (χ1) is 10.1. The Balaban J connectivity index is 2.01. The fourth-order valence-corrected chi connectivity index (χ4v) is 4.53. The number of hydrogen-bond acceptors (Lipinski definition) is 4. The summed E-state index contributed by atoms with van der Waals surface area (Å²) < 4.78 is 32.0. The molecule has 0 amide bonds. The summed E-state index contributed by atoms with van der Waals surface area (Å²) >= 11 is 0. The Kier molecular flexibility index (Phi) is 5.75. The molecule has 1 aliphatic rings. The monoisotopic (exact) mass is 312 g/mol. The van der Waals surface area contributed by atoms with Gasteiger partial charge >= 0.3 is 0 Å². The molecule has 0 saturated carbocycles. The predicted molar refractivity (Wildman–Crippen MR) is 83.5 cm³/mol. The molecule has 6 heteroatoms. The minimum absolute atomic E-state index is 0.110. The molecule has 0 aromatic heterocycles. The van der Waals surface area contributed by atoms with E-state index < -0.39 is 10.0 Å². The van der Waals surface area contributed by atoms with Crippen molar-refractivity contribution < 1.29 is 13.2 Å². The zero-order valence-corrected chi connectivity index (χ0v) is 13.3. The lowest BCUT2D eigenvalue weighted by molar-refractivity contribution is 0.0402. The number of hydrogen-bond donors (Lipinski definition) is 1. The summed E-state index contributed by atoms with van der Waals surface area (Å²) in [6.45, 7) is 0.835. The van der Waals surface area contributed by atoms with E-state index in [-0.39, 0.29) is 17.9 Å². The molecule has 2 rings (SSSR count). The second kappa shape index (κ2) is 7.35. The number of sulfonamides is 1. The van der Waals surface area contributed by atoms with Crippen LogP contribution >= 0.6 is 0 Å². The van der Waals surface area contributed by atoms with Crippen molar-refractivity contribution in [2.75, 3.05) is 26.0 Å². The molecule has 1 saturated heterocycles. The highest BCUT2D eigenvalue weighted by Crippen LogP contribution is 2.22. The number of ether oxygens (including phenoxy) is 1. The lowest BCUT2D eigenvalue weighted by atomic mass is 10.0. The van der Waals surface area contributed by atoms with E-state index in [1.165, 1.54) is 0 Å². The van der Waals surface area contributed by atoms with Crippen LogP contribution in [0.3, 0.4) is 0 Å². The van der Waals surface area contributed by atoms with E-state index in [1.54, 1.807) is 11.4 Å². The van der Waals surface area contributed by atoms with Gasteiger partial charge in [0.1, 0.15) is 0 Å². The standard InChI is InChI=1S/C15H24N2O3S/c1-20-15-7-9-17(14(11-15)12-16)21(18,19)10-8-13-5-3-2-4-6-13/h2-6,14-15H,7-12,16H2,1H3. The third-order valence-electron chi connectivity index (χ3n) is 4.07. The topological polar surface area (TPSA) is 72.6 Å². The average molecular weight is 312 g/mol. The summed E-state index contributed by atoms with van der Waals surface area (Å²) in [6, 6.07) is 9.53. The zero-order valence-electron chi connectivity index (χ0n) is 12.4. The Morgan fingerprint density at radius 2 is 2.05 bits per heavy atom. The summed E-state index contributed by atoms with van der Waals surface area (Å²) in [7, 11) is -1.61. The van der Waals surface area contributed by atoms with Crippen LogP contribution < -0.4 is 5.73 Å². The Hall–Kier alpha value is -0.950. The van der Waals surface area contributed by atoms with Crippen molar-refractivity contribution in [3.8, 4) is 0 Å². The third-order valence-corrected chi connectivity index (χ3v) is 5.98. The van der Waals surface area contributed by atoms with E-state index in [4.69, 9.17) is 10.5 Å². The van der Waals surface area contributed by atoms with Gasteiger partial charge < -0.3 is 10.5 Å². The van der Waals surface area contributed by atoms with Gasteiger partial charge in [-0.3, -0.25) is 0 Å². The van der Waals surface area contributed by atoms with Crippen LogP contribution in [-0.2, 0) is 21.2 Å². The van der Waals surface area contributed by atoms with Gasteiger partial charge in [0, 0.05) is 26.2 Å². The van der Waals surface area contributed by atoms with Crippen LogP contribution in [0.4, 0.5) is 0 Å². The maximum Gasteiger partial charge on any atom is 0.214 e. The fourth-order valence-electron chi connectivity index (χ4n) is 2.80. The van der Waals surface area contributed by atoms with E-state index >= 15 is 0 Å². The van der Waals surface area contributed by atoms with E-state index in [1.807, 2.05) is 30.3 Å². The first kappa shape index (κ1) is 16.4. The molecular weight excluding hydrogens is 288 g/mol. The fraction of sp³-hybridized carbons (Fsp3) is 0.600. The van der Waals surface area contributed by atoms with E-state index in [0.717, 1.165) is 12.0 Å². The summed E-state index contributed by atoms with van der Waals surface area (Å²) in [5, 5.41) is 0. The molecule has 0 bridgehead atoms. The van der Waals surface area contributed by atoms with Crippen molar-refractivity contribution in [1.29, 1.82) is 0 Å². The van der Waals surface area contributed by atoms with Gasteiger partial charge in [0.05, 0.1) is 11.9 Å². The Morgan fingerprint density at radius 3 is 2.67 bits per heavy atom. The second-order valence-electron chi connectivity index (χ2n) is 5.43. The molecule has 118 valence electrons. The van der Waals surface area contributed by atoms with Crippen LogP contribution in [0, 0.1) is 0 Å². The molecule has 0 spiro atoms. The van der Waals surface area contributed by atoms with Crippen LogP contribution in [0.5, 0.6) is 0 Å². The lowest BCUT2D eigenvalue weighted by Gasteiger charge is -2.37. The van der Waals surface area contributed by atoms with Crippen molar-refractivity contribution in [3.63, 3.8) is 0 Å². The molecule has 0 aliphatic carbocycles. The summed E-state index contributed by atoms with van der Waals surface area (Å²) in [4.78, 5) is 0.